The van der Waals surface area contributed by atoms with Crippen molar-refractivity contribution in [2.24, 2.45) is 11.8 Å². The summed E-state index contributed by atoms with van der Waals surface area (Å²) in [7, 11) is 0. The predicted molar refractivity (Wildman–Crippen MR) is 101 cm³/mol. The summed E-state index contributed by atoms with van der Waals surface area (Å²) >= 11 is 1.32. The fourth-order valence-corrected chi connectivity index (χ4v) is 4.64. The molecular weight excluding hydrogens is 382 g/mol. The third kappa shape index (κ3) is 2.95. The Bertz CT molecular complexity index is 1040. The van der Waals surface area contributed by atoms with Crippen LogP contribution in [0, 0.1) is 18.8 Å². The van der Waals surface area contributed by atoms with Crippen molar-refractivity contribution >= 4 is 34.1 Å². The SMILES string of the molecule is Cc1csc2nc(COC(=O)[C@H](C)N3C(=O)[C@@H]4CC=CC[C@H]4C3=O)cc(=O)n12. The van der Waals surface area contributed by atoms with Crippen molar-refractivity contribution in [2.45, 2.75) is 39.3 Å². The molecule has 0 spiro atoms. The normalized spacial score (nSPS) is 22.6. The van der Waals surface area contributed by atoms with E-state index in [2.05, 4.69) is 4.98 Å². The third-order valence-electron chi connectivity index (χ3n) is 5.26. The number of rotatable bonds is 4. The van der Waals surface area contributed by atoms with Gasteiger partial charge in [0.25, 0.3) is 5.56 Å². The van der Waals surface area contributed by atoms with Crippen LogP contribution in [0.3, 0.4) is 0 Å². The molecule has 2 amide bonds. The number of carbonyl (C=O) groups excluding carboxylic acids is 3. The minimum atomic E-state index is -1.01. The molecule has 0 unspecified atom stereocenters. The highest BCUT2D eigenvalue weighted by Gasteiger charge is 2.50. The number of likely N-dealkylation sites (tertiary alicyclic amines) is 1. The Labute approximate surface area is 164 Å². The van der Waals surface area contributed by atoms with Gasteiger partial charge < -0.3 is 4.74 Å². The molecule has 0 aromatic carbocycles. The number of amides is 2. The summed E-state index contributed by atoms with van der Waals surface area (Å²) in [6.45, 7) is 3.10. The molecule has 1 fully saturated rings. The lowest BCUT2D eigenvalue weighted by Crippen LogP contribution is -2.44. The number of fused-ring (bicyclic) bond motifs is 2. The van der Waals surface area contributed by atoms with E-state index in [1.165, 1.54) is 28.7 Å². The summed E-state index contributed by atoms with van der Waals surface area (Å²) in [4.78, 5) is 55.7. The highest BCUT2D eigenvalue weighted by Crippen LogP contribution is 2.36. The minimum Gasteiger partial charge on any atom is -0.458 e. The molecule has 1 aliphatic heterocycles. The quantitative estimate of drug-likeness (QED) is 0.437. The number of aromatic nitrogens is 2. The Hall–Kier alpha value is -2.81. The summed E-state index contributed by atoms with van der Waals surface area (Å²) in [5, 5.41) is 1.82. The number of ether oxygens (including phenoxy) is 1. The Balaban J connectivity index is 1.46. The first-order valence-corrected chi connectivity index (χ1v) is 9.91. The maximum absolute atomic E-state index is 12.6. The van der Waals surface area contributed by atoms with Gasteiger partial charge in [0.1, 0.15) is 12.6 Å². The van der Waals surface area contributed by atoms with E-state index in [-0.39, 0.29) is 35.8 Å². The molecule has 8 nitrogen and oxygen atoms in total. The van der Waals surface area contributed by atoms with Gasteiger partial charge in [0.05, 0.1) is 17.5 Å². The summed E-state index contributed by atoms with van der Waals surface area (Å²) in [6, 6.07) is 0.302. The van der Waals surface area contributed by atoms with Crippen LogP contribution < -0.4 is 5.56 Å². The molecule has 146 valence electrons. The number of carbonyl (C=O) groups is 3. The number of hydrogen-bond donors (Lipinski definition) is 0. The number of hydrogen-bond acceptors (Lipinski definition) is 7. The number of aryl methyl sites for hydroxylation is 1. The first kappa shape index (κ1) is 18.5. The Morgan fingerprint density at radius 1 is 1.25 bits per heavy atom. The molecule has 3 heterocycles. The minimum absolute atomic E-state index is 0.198. The molecule has 0 radical (unpaired) electrons. The van der Waals surface area contributed by atoms with Crippen LogP contribution in [0.1, 0.15) is 31.2 Å². The predicted octanol–water partition coefficient (Wildman–Crippen LogP) is 1.45. The van der Waals surface area contributed by atoms with Gasteiger partial charge >= 0.3 is 5.97 Å². The van der Waals surface area contributed by atoms with E-state index in [0.717, 1.165) is 10.6 Å². The van der Waals surface area contributed by atoms with Gasteiger partial charge in [-0.1, -0.05) is 12.2 Å². The number of thiazole rings is 1. The first-order chi connectivity index (χ1) is 13.4. The van der Waals surface area contributed by atoms with Gasteiger partial charge in [-0.25, -0.2) is 9.78 Å². The Kier molecular flexibility index (Phi) is 4.62. The van der Waals surface area contributed by atoms with Gasteiger partial charge in [-0.3, -0.25) is 23.7 Å². The maximum Gasteiger partial charge on any atom is 0.329 e. The molecule has 0 saturated carbocycles. The van der Waals surface area contributed by atoms with Crippen LogP contribution in [0.4, 0.5) is 0 Å². The fourth-order valence-electron chi connectivity index (χ4n) is 3.75. The molecule has 28 heavy (non-hydrogen) atoms. The van der Waals surface area contributed by atoms with Gasteiger partial charge in [-0.2, -0.15) is 0 Å². The van der Waals surface area contributed by atoms with Gasteiger partial charge in [0.2, 0.25) is 11.8 Å². The largest absolute Gasteiger partial charge is 0.458 e. The topological polar surface area (TPSA) is 98.0 Å². The van der Waals surface area contributed by atoms with E-state index < -0.39 is 12.0 Å². The standard InChI is InChI=1S/C19H19N3O5S/c1-10-9-28-19-20-12(7-15(23)21(10)19)8-27-18(26)11(2)22-16(24)13-5-3-4-6-14(13)17(22)25/h3-4,7,9,11,13-14H,5-6,8H2,1-2H3/t11-,13+,14+/m0/s1. The summed E-state index contributed by atoms with van der Waals surface area (Å²) in [5.41, 5.74) is 0.866. The van der Waals surface area contributed by atoms with Gasteiger partial charge in [0.15, 0.2) is 4.96 Å². The molecule has 9 heteroatoms. The summed E-state index contributed by atoms with van der Waals surface area (Å²) < 4.78 is 6.74. The van der Waals surface area contributed by atoms with E-state index >= 15 is 0 Å². The van der Waals surface area contributed by atoms with Crippen molar-refractivity contribution in [1.29, 1.82) is 0 Å². The molecule has 1 saturated heterocycles. The van der Waals surface area contributed by atoms with Crippen LogP contribution in [0.25, 0.3) is 4.96 Å². The van der Waals surface area contributed by atoms with Gasteiger partial charge in [0, 0.05) is 17.1 Å². The van der Waals surface area contributed by atoms with Crippen molar-refractivity contribution in [3.63, 3.8) is 0 Å². The van der Waals surface area contributed by atoms with Crippen molar-refractivity contribution in [3.05, 3.63) is 45.3 Å². The van der Waals surface area contributed by atoms with Crippen molar-refractivity contribution in [1.82, 2.24) is 14.3 Å². The van der Waals surface area contributed by atoms with Gasteiger partial charge in [-0.15, -0.1) is 11.3 Å². The van der Waals surface area contributed by atoms with E-state index in [1.54, 1.807) is 0 Å². The van der Waals surface area contributed by atoms with Crippen molar-refractivity contribution < 1.29 is 19.1 Å². The summed E-state index contributed by atoms with van der Waals surface area (Å²) in [5.74, 6) is -2.12. The number of allylic oxidation sites excluding steroid dienone is 2. The second-order valence-corrected chi connectivity index (χ2v) is 7.90. The van der Waals surface area contributed by atoms with Crippen LogP contribution in [0.5, 0.6) is 0 Å². The lowest BCUT2D eigenvalue weighted by atomic mass is 9.85. The first-order valence-electron chi connectivity index (χ1n) is 9.04. The molecule has 0 N–H and O–H groups in total. The maximum atomic E-state index is 12.6. The van der Waals surface area contributed by atoms with Crippen LogP contribution in [0.15, 0.2) is 28.4 Å². The Morgan fingerprint density at radius 2 is 1.89 bits per heavy atom. The van der Waals surface area contributed by atoms with Crippen molar-refractivity contribution in [3.8, 4) is 0 Å². The smallest absolute Gasteiger partial charge is 0.329 e. The van der Waals surface area contributed by atoms with Crippen LogP contribution in [-0.2, 0) is 25.7 Å². The molecule has 2 aromatic heterocycles. The Morgan fingerprint density at radius 3 is 2.54 bits per heavy atom. The van der Waals surface area contributed by atoms with E-state index in [1.807, 2.05) is 24.5 Å². The molecule has 2 aromatic rings. The number of nitrogens with zero attached hydrogens (tertiary/aromatic N) is 3. The van der Waals surface area contributed by atoms with E-state index in [9.17, 15) is 19.2 Å². The highest BCUT2D eigenvalue weighted by molar-refractivity contribution is 7.15. The van der Waals surface area contributed by atoms with Crippen LogP contribution in [-0.4, -0.2) is 38.1 Å². The molecule has 4 rings (SSSR count). The lowest BCUT2D eigenvalue weighted by molar-refractivity contribution is -0.159. The van der Waals surface area contributed by atoms with E-state index in [0.29, 0.717) is 23.5 Å². The molecule has 3 atom stereocenters. The monoisotopic (exact) mass is 401 g/mol. The van der Waals surface area contributed by atoms with Crippen molar-refractivity contribution in [2.75, 3.05) is 0 Å². The zero-order valence-electron chi connectivity index (χ0n) is 15.5. The third-order valence-corrected chi connectivity index (χ3v) is 6.20. The fraction of sp³-hybridized carbons (Fsp3) is 0.421. The highest BCUT2D eigenvalue weighted by atomic mass is 32.1. The second-order valence-electron chi connectivity index (χ2n) is 7.07. The second kappa shape index (κ2) is 6.97. The van der Waals surface area contributed by atoms with E-state index in [4.69, 9.17) is 4.74 Å². The van der Waals surface area contributed by atoms with Crippen LogP contribution in [0.2, 0.25) is 0 Å². The zero-order chi connectivity index (χ0) is 20.0. The molecule has 1 aliphatic carbocycles. The number of imide groups is 1. The average molecular weight is 401 g/mol. The molecule has 2 aliphatic rings. The lowest BCUT2D eigenvalue weighted by Gasteiger charge is -2.21. The number of esters is 1. The molecule has 0 bridgehead atoms. The average Bonchev–Trinajstić information content (AvgIpc) is 3.18. The molecular formula is C19H19N3O5S. The zero-order valence-corrected chi connectivity index (χ0v) is 16.3. The van der Waals surface area contributed by atoms with Crippen LogP contribution >= 0.6 is 11.3 Å². The van der Waals surface area contributed by atoms with Gasteiger partial charge in [-0.05, 0) is 26.7 Å². The summed E-state index contributed by atoms with van der Waals surface area (Å²) in [6.07, 6.45) is 4.82.